The van der Waals surface area contributed by atoms with E-state index in [0.29, 0.717) is 0 Å². The fourth-order valence-electron chi connectivity index (χ4n) is 1.17. The average Bonchev–Trinajstić information content (AvgIpc) is 2.28. The second-order valence-electron chi connectivity index (χ2n) is 3.27. The van der Waals surface area contributed by atoms with Crippen LogP contribution >= 0.6 is 31.9 Å². The van der Waals surface area contributed by atoms with E-state index in [2.05, 4.69) is 61.5 Å². The van der Waals surface area contributed by atoms with E-state index >= 15 is 0 Å². The number of hydrogen-bond donors (Lipinski definition) is 1. The standard InChI is InChI=1S/C12H15Br2NO/c1-16-8-7-15-6-2-3-10-4-5-11(13)12(14)9-10/h2-5,9,15H,6-8H2,1H3/b3-2+. The molecule has 0 bridgehead atoms. The fraction of sp³-hybridized carbons (Fsp3) is 0.333. The molecule has 0 spiro atoms. The highest BCUT2D eigenvalue weighted by atomic mass is 79.9. The van der Waals surface area contributed by atoms with E-state index in [4.69, 9.17) is 4.74 Å². The Morgan fingerprint density at radius 1 is 1.31 bits per heavy atom. The second kappa shape index (κ2) is 8.01. The van der Waals surface area contributed by atoms with Crippen LogP contribution in [0.1, 0.15) is 5.56 Å². The van der Waals surface area contributed by atoms with Crippen LogP contribution in [0.4, 0.5) is 0 Å². The molecular weight excluding hydrogens is 334 g/mol. The van der Waals surface area contributed by atoms with Crippen LogP contribution in [0.2, 0.25) is 0 Å². The molecular formula is C12H15Br2NO. The molecule has 0 saturated carbocycles. The van der Waals surface area contributed by atoms with Gasteiger partial charge in [-0.15, -0.1) is 0 Å². The Labute approximate surface area is 113 Å². The monoisotopic (exact) mass is 347 g/mol. The third kappa shape index (κ3) is 5.25. The van der Waals surface area contributed by atoms with Gasteiger partial charge < -0.3 is 10.1 Å². The average molecular weight is 349 g/mol. The van der Waals surface area contributed by atoms with Crippen LogP contribution in [0, 0.1) is 0 Å². The minimum absolute atomic E-state index is 0.748. The molecule has 0 fully saturated rings. The van der Waals surface area contributed by atoms with Crippen LogP contribution in [0.15, 0.2) is 33.2 Å². The van der Waals surface area contributed by atoms with E-state index in [9.17, 15) is 0 Å². The zero-order valence-electron chi connectivity index (χ0n) is 9.17. The van der Waals surface area contributed by atoms with Crippen molar-refractivity contribution >= 4 is 37.9 Å². The Hall–Kier alpha value is -0.160. The lowest BCUT2D eigenvalue weighted by Gasteiger charge is -2.00. The quantitative estimate of drug-likeness (QED) is 0.795. The van der Waals surface area contributed by atoms with Crippen LogP contribution in [-0.4, -0.2) is 26.8 Å². The van der Waals surface area contributed by atoms with Crippen molar-refractivity contribution in [3.05, 3.63) is 38.8 Å². The lowest BCUT2D eigenvalue weighted by molar-refractivity contribution is 0.200. The van der Waals surface area contributed by atoms with E-state index in [1.54, 1.807) is 7.11 Å². The molecule has 0 aliphatic carbocycles. The van der Waals surface area contributed by atoms with E-state index in [0.717, 1.165) is 28.6 Å². The normalized spacial score (nSPS) is 11.2. The highest BCUT2D eigenvalue weighted by molar-refractivity contribution is 9.13. The van der Waals surface area contributed by atoms with Gasteiger partial charge in [0.1, 0.15) is 0 Å². The van der Waals surface area contributed by atoms with Crippen LogP contribution in [0.25, 0.3) is 6.08 Å². The summed E-state index contributed by atoms with van der Waals surface area (Å²) < 4.78 is 7.08. The molecule has 0 heterocycles. The van der Waals surface area contributed by atoms with Crippen molar-refractivity contribution in [3.8, 4) is 0 Å². The van der Waals surface area contributed by atoms with Crippen LogP contribution < -0.4 is 5.32 Å². The van der Waals surface area contributed by atoms with Gasteiger partial charge in [-0.1, -0.05) is 18.2 Å². The summed E-state index contributed by atoms with van der Waals surface area (Å²) >= 11 is 6.92. The Balaban J connectivity index is 2.35. The first-order valence-corrected chi connectivity index (χ1v) is 6.64. The zero-order chi connectivity index (χ0) is 11.8. The molecule has 0 unspecified atom stereocenters. The molecule has 88 valence electrons. The smallest absolute Gasteiger partial charge is 0.0587 e. The molecule has 16 heavy (non-hydrogen) atoms. The van der Waals surface area contributed by atoms with Crippen molar-refractivity contribution in [1.82, 2.24) is 5.32 Å². The topological polar surface area (TPSA) is 21.3 Å². The lowest BCUT2D eigenvalue weighted by Crippen LogP contribution is -2.18. The summed E-state index contributed by atoms with van der Waals surface area (Å²) in [7, 11) is 1.71. The van der Waals surface area contributed by atoms with E-state index in [1.807, 2.05) is 6.07 Å². The molecule has 0 aliphatic rings. The summed E-state index contributed by atoms with van der Waals surface area (Å²) in [6.07, 6.45) is 4.20. The van der Waals surface area contributed by atoms with Crippen LogP contribution in [-0.2, 0) is 4.74 Å². The minimum atomic E-state index is 0.748. The summed E-state index contributed by atoms with van der Waals surface area (Å²) in [5.74, 6) is 0. The van der Waals surface area contributed by atoms with Crippen molar-refractivity contribution in [2.75, 3.05) is 26.8 Å². The molecule has 1 aromatic carbocycles. The summed E-state index contributed by atoms with van der Waals surface area (Å²) in [6.45, 7) is 2.49. The number of benzene rings is 1. The second-order valence-corrected chi connectivity index (χ2v) is 4.98. The van der Waals surface area contributed by atoms with Crippen molar-refractivity contribution in [2.24, 2.45) is 0 Å². The Bertz CT molecular complexity index is 353. The molecule has 0 saturated heterocycles. The van der Waals surface area contributed by atoms with E-state index in [1.165, 1.54) is 5.56 Å². The Morgan fingerprint density at radius 2 is 2.12 bits per heavy atom. The number of nitrogens with one attached hydrogen (secondary N) is 1. The maximum atomic E-state index is 4.94. The van der Waals surface area contributed by atoms with Gasteiger partial charge in [-0.05, 0) is 49.6 Å². The Morgan fingerprint density at radius 3 is 2.81 bits per heavy atom. The molecule has 1 aromatic rings. The van der Waals surface area contributed by atoms with Gasteiger partial charge in [0.05, 0.1) is 6.61 Å². The molecule has 1 N–H and O–H groups in total. The fourth-order valence-corrected chi connectivity index (χ4v) is 1.81. The van der Waals surface area contributed by atoms with E-state index < -0.39 is 0 Å². The first kappa shape index (κ1) is 13.9. The minimum Gasteiger partial charge on any atom is -0.383 e. The highest BCUT2D eigenvalue weighted by Crippen LogP contribution is 2.24. The molecule has 0 atom stereocenters. The van der Waals surface area contributed by atoms with Gasteiger partial charge in [0.15, 0.2) is 0 Å². The largest absolute Gasteiger partial charge is 0.383 e. The van der Waals surface area contributed by atoms with E-state index in [-0.39, 0.29) is 0 Å². The maximum absolute atomic E-state index is 4.94. The lowest BCUT2D eigenvalue weighted by atomic mass is 10.2. The summed E-state index contributed by atoms with van der Waals surface area (Å²) in [4.78, 5) is 0. The first-order chi connectivity index (χ1) is 7.74. The summed E-state index contributed by atoms with van der Waals surface area (Å²) in [6, 6.07) is 6.18. The number of rotatable bonds is 6. The van der Waals surface area contributed by atoms with Gasteiger partial charge in [0, 0.05) is 29.1 Å². The van der Waals surface area contributed by atoms with Gasteiger partial charge in [0.2, 0.25) is 0 Å². The van der Waals surface area contributed by atoms with Crippen molar-refractivity contribution < 1.29 is 4.74 Å². The number of hydrogen-bond acceptors (Lipinski definition) is 2. The van der Waals surface area contributed by atoms with Gasteiger partial charge in [-0.3, -0.25) is 0 Å². The predicted molar refractivity (Wildman–Crippen MR) is 75.6 cm³/mol. The molecule has 2 nitrogen and oxygen atoms in total. The number of methoxy groups -OCH3 is 1. The molecule has 0 aliphatic heterocycles. The maximum Gasteiger partial charge on any atom is 0.0587 e. The SMILES string of the molecule is COCCNC/C=C/c1ccc(Br)c(Br)c1. The van der Waals surface area contributed by atoms with Gasteiger partial charge in [-0.25, -0.2) is 0 Å². The van der Waals surface area contributed by atoms with Gasteiger partial charge in [-0.2, -0.15) is 0 Å². The van der Waals surface area contributed by atoms with Crippen molar-refractivity contribution in [1.29, 1.82) is 0 Å². The summed E-state index contributed by atoms with van der Waals surface area (Å²) in [5, 5.41) is 3.25. The third-order valence-corrected chi connectivity index (χ3v) is 3.88. The van der Waals surface area contributed by atoms with Crippen molar-refractivity contribution in [3.63, 3.8) is 0 Å². The molecule has 0 radical (unpaired) electrons. The molecule has 1 rings (SSSR count). The van der Waals surface area contributed by atoms with Crippen molar-refractivity contribution in [2.45, 2.75) is 0 Å². The molecule has 0 amide bonds. The van der Waals surface area contributed by atoms with Crippen LogP contribution in [0.3, 0.4) is 0 Å². The number of halogens is 2. The molecule has 4 heteroatoms. The van der Waals surface area contributed by atoms with Crippen LogP contribution in [0.5, 0.6) is 0 Å². The molecule has 0 aromatic heterocycles. The third-order valence-electron chi connectivity index (χ3n) is 2.00. The summed E-state index contributed by atoms with van der Waals surface area (Å²) in [5.41, 5.74) is 1.18. The first-order valence-electron chi connectivity index (χ1n) is 5.05. The van der Waals surface area contributed by atoms with Gasteiger partial charge >= 0.3 is 0 Å². The number of ether oxygens (including phenoxy) is 1. The highest BCUT2D eigenvalue weighted by Gasteiger charge is 1.95. The predicted octanol–water partition coefficient (Wildman–Crippen LogP) is 3.46. The van der Waals surface area contributed by atoms with Gasteiger partial charge in [0.25, 0.3) is 0 Å². The Kier molecular flexibility index (Phi) is 6.96. The zero-order valence-corrected chi connectivity index (χ0v) is 12.3.